The molecular formula is C24H27Cl2N5O3S. The predicted octanol–water partition coefficient (Wildman–Crippen LogP) is 5.38. The summed E-state index contributed by atoms with van der Waals surface area (Å²) in [5.74, 6) is 0.970. The molecule has 0 saturated carbocycles. The van der Waals surface area contributed by atoms with Crippen LogP contribution in [0.3, 0.4) is 0 Å². The van der Waals surface area contributed by atoms with E-state index in [4.69, 9.17) is 27.9 Å². The van der Waals surface area contributed by atoms with Crippen molar-refractivity contribution in [2.24, 2.45) is 13.0 Å². The maximum absolute atomic E-state index is 12.9. The van der Waals surface area contributed by atoms with Crippen molar-refractivity contribution in [1.82, 2.24) is 20.1 Å². The van der Waals surface area contributed by atoms with Crippen molar-refractivity contribution in [2.75, 3.05) is 18.2 Å². The summed E-state index contributed by atoms with van der Waals surface area (Å²) in [6.45, 7) is 4.13. The third-order valence-corrected chi connectivity index (χ3v) is 6.66. The fraction of sp³-hybridized carbons (Fsp3) is 0.333. The van der Waals surface area contributed by atoms with E-state index in [-0.39, 0.29) is 29.5 Å². The highest BCUT2D eigenvalue weighted by Crippen LogP contribution is 2.29. The van der Waals surface area contributed by atoms with Gasteiger partial charge in [0.25, 0.3) is 5.91 Å². The number of carbonyl (C=O) groups is 2. The summed E-state index contributed by atoms with van der Waals surface area (Å²) < 4.78 is 7.06. The average Bonchev–Trinajstić information content (AvgIpc) is 3.17. The molecule has 35 heavy (non-hydrogen) atoms. The minimum absolute atomic E-state index is 0.0997. The average molecular weight is 536 g/mol. The molecule has 1 aromatic heterocycles. The third kappa shape index (κ3) is 7.13. The molecule has 3 aromatic rings. The highest BCUT2D eigenvalue weighted by molar-refractivity contribution is 7.99. The Morgan fingerprint density at radius 3 is 2.57 bits per heavy atom. The summed E-state index contributed by atoms with van der Waals surface area (Å²) in [5.41, 5.74) is 0.886. The van der Waals surface area contributed by atoms with E-state index in [2.05, 4.69) is 34.7 Å². The molecule has 3 rings (SSSR count). The molecule has 0 bridgehead atoms. The lowest BCUT2D eigenvalue weighted by atomic mass is 10.0. The van der Waals surface area contributed by atoms with Crippen LogP contribution >= 0.6 is 35.0 Å². The van der Waals surface area contributed by atoms with Gasteiger partial charge in [-0.2, -0.15) is 0 Å². The Kier molecular flexibility index (Phi) is 9.42. The third-order valence-electron chi connectivity index (χ3n) is 5.08. The van der Waals surface area contributed by atoms with Gasteiger partial charge >= 0.3 is 0 Å². The summed E-state index contributed by atoms with van der Waals surface area (Å²) in [7, 11) is 3.33. The summed E-state index contributed by atoms with van der Waals surface area (Å²) in [6.07, 6.45) is 0.655. The van der Waals surface area contributed by atoms with E-state index in [0.29, 0.717) is 44.4 Å². The molecule has 8 nitrogen and oxygen atoms in total. The Labute approximate surface area is 218 Å². The summed E-state index contributed by atoms with van der Waals surface area (Å²) >= 11 is 13.5. The first kappa shape index (κ1) is 26.8. The van der Waals surface area contributed by atoms with E-state index in [1.54, 1.807) is 47.0 Å². The number of methoxy groups -OCH3 is 1. The number of rotatable bonds is 10. The smallest absolute Gasteiger partial charge is 0.253 e. The maximum atomic E-state index is 12.9. The number of nitrogens with one attached hydrogen (secondary N) is 2. The molecule has 1 heterocycles. The minimum Gasteiger partial charge on any atom is -0.495 e. The number of carbonyl (C=O) groups excluding carboxylic acids is 2. The van der Waals surface area contributed by atoms with Crippen LogP contribution in [0.4, 0.5) is 5.69 Å². The van der Waals surface area contributed by atoms with Crippen molar-refractivity contribution in [3.63, 3.8) is 0 Å². The highest BCUT2D eigenvalue weighted by Gasteiger charge is 2.24. The lowest BCUT2D eigenvalue weighted by molar-refractivity contribution is -0.113. The zero-order valence-corrected chi connectivity index (χ0v) is 22.2. The number of benzene rings is 2. The number of anilines is 1. The molecule has 0 fully saturated rings. The van der Waals surface area contributed by atoms with Gasteiger partial charge in [-0.3, -0.25) is 9.59 Å². The van der Waals surface area contributed by atoms with Gasteiger partial charge in [-0.25, -0.2) is 0 Å². The van der Waals surface area contributed by atoms with Gasteiger partial charge in [0.1, 0.15) is 5.75 Å². The molecule has 0 saturated heterocycles. The van der Waals surface area contributed by atoms with Crippen LogP contribution < -0.4 is 15.4 Å². The Morgan fingerprint density at radius 2 is 1.89 bits per heavy atom. The van der Waals surface area contributed by atoms with Crippen LogP contribution in [0.5, 0.6) is 5.75 Å². The fourth-order valence-corrected chi connectivity index (χ4v) is 4.54. The summed E-state index contributed by atoms with van der Waals surface area (Å²) in [4.78, 5) is 25.4. The summed E-state index contributed by atoms with van der Waals surface area (Å²) in [5, 5.41) is 15.8. The topological polar surface area (TPSA) is 98.1 Å². The molecule has 2 N–H and O–H groups in total. The Balaban J connectivity index is 1.70. The molecule has 0 aliphatic carbocycles. The predicted molar refractivity (Wildman–Crippen MR) is 139 cm³/mol. The quantitative estimate of drug-likeness (QED) is 0.338. The first-order valence-corrected chi connectivity index (χ1v) is 12.6. The van der Waals surface area contributed by atoms with Crippen LogP contribution in [-0.2, 0) is 11.8 Å². The van der Waals surface area contributed by atoms with E-state index in [9.17, 15) is 9.59 Å². The first-order chi connectivity index (χ1) is 16.7. The van der Waals surface area contributed by atoms with E-state index in [0.717, 1.165) is 0 Å². The summed E-state index contributed by atoms with van der Waals surface area (Å²) in [6, 6.07) is 11.5. The second-order valence-electron chi connectivity index (χ2n) is 8.22. The molecule has 2 aromatic carbocycles. The van der Waals surface area contributed by atoms with Gasteiger partial charge in [0, 0.05) is 12.1 Å². The molecule has 0 aliphatic rings. The van der Waals surface area contributed by atoms with E-state index in [1.807, 2.05) is 7.05 Å². The number of amides is 2. The SMILES string of the molecule is COc1ccc(Cl)cc1NC(=O)CSc1nnc([C@H](CC(C)C)NC(=O)c2ccccc2Cl)n1C. The van der Waals surface area contributed by atoms with E-state index < -0.39 is 0 Å². The lowest BCUT2D eigenvalue weighted by Crippen LogP contribution is -2.31. The zero-order chi connectivity index (χ0) is 25.5. The maximum Gasteiger partial charge on any atom is 0.253 e. The van der Waals surface area contributed by atoms with Crippen LogP contribution in [0.25, 0.3) is 0 Å². The largest absolute Gasteiger partial charge is 0.495 e. The van der Waals surface area contributed by atoms with Crippen molar-refractivity contribution in [3.05, 3.63) is 63.9 Å². The molecule has 1 atom stereocenters. The van der Waals surface area contributed by atoms with Crippen LogP contribution in [0.1, 0.15) is 42.5 Å². The Bertz CT molecular complexity index is 1200. The van der Waals surface area contributed by atoms with Gasteiger partial charge in [0.15, 0.2) is 11.0 Å². The molecule has 11 heteroatoms. The minimum atomic E-state index is -0.379. The molecule has 0 spiro atoms. The van der Waals surface area contributed by atoms with E-state index >= 15 is 0 Å². The number of halogens is 2. The van der Waals surface area contributed by atoms with Gasteiger partial charge in [-0.05, 0) is 42.7 Å². The van der Waals surface area contributed by atoms with E-state index in [1.165, 1.54) is 18.9 Å². The Morgan fingerprint density at radius 1 is 1.14 bits per heavy atom. The van der Waals surface area contributed by atoms with Gasteiger partial charge in [-0.15, -0.1) is 10.2 Å². The number of ether oxygens (including phenoxy) is 1. The van der Waals surface area contributed by atoms with Gasteiger partial charge in [-0.1, -0.05) is 60.9 Å². The van der Waals surface area contributed by atoms with Crippen LogP contribution in [0.2, 0.25) is 10.0 Å². The second kappa shape index (κ2) is 12.3. The van der Waals surface area contributed by atoms with Crippen LogP contribution in [-0.4, -0.2) is 39.4 Å². The molecular weight excluding hydrogens is 509 g/mol. The fourth-order valence-electron chi connectivity index (χ4n) is 3.43. The number of thioether (sulfide) groups is 1. The lowest BCUT2D eigenvalue weighted by Gasteiger charge is -2.20. The number of nitrogens with zero attached hydrogens (tertiary/aromatic N) is 3. The second-order valence-corrected chi connectivity index (χ2v) is 10.0. The molecule has 0 aliphatic heterocycles. The van der Waals surface area contributed by atoms with Crippen molar-refractivity contribution in [3.8, 4) is 5.75 Å². The number of hydrogen-bond acceptors (Lipinski definition) is 6. The van der Waals surface area contributed by atoms with Crippen molar-refractivity contribution >= 4 is 52.5 Å². The normalized spacial score (nSPS) is 11.9. The van der Waals surface area contributed by atoms with Gasteiger partial charge in [0.2, 0.25) is 5.91 Å². The zero-order valence-electron chi connectivity index (χ0n) is 19.8. The number of hydrogen-bond donors (Lipinski definition) is 2. The number of aromatic nitrogens is 3. The van der Waals surface area contributed by atoms with Gasteiger partial charge < -0.3 is 19.9 Å². The first-order valence-electron chi connectivity index (χ1n) is 10.9. The molecule has 2 amide bonds. The molecule has 186 valence electrons. The molecule has 0 radical (unpaired) electrons. The highest BCUT2D eigenvalue weighted by atomic mass is 35.5. The van der Waals surface area contributed by atoms with Crippen molar-refractivity contribution in [1.29, 1.82) is 0 Å². The monoisotopic (exact) mass is 535 g/mol. The van der Waals surface area contributed by atoms with Crippen molar-refractivity contribution < 1.29 is 14.3 Å². The van der Waals surface area contributed by atoms with Crippen LogP contribution in [0, 0.1) is 5.92 Å². The van der Waals surface area contributed by atoms with Crippen LogP contribution in [0.15, 0.2) is 47.6 Å². The standard InChI is InChI=1S/C24H27Cl2N5O3S/c1-14(2)11-19(28-23(33)16-7-5-6-8-17(16)26)22-29-30-24(31(22)3)35-13-21(32)27-18-12-15(25)9-10-20(18)34-4/h5-10,12,14,19H,11,13H2,1-4H3,(H,27,32)(H,28,33)/t19-/m0/s1. The van der Waals surface area contributed by atoms with Gasteiger partial charge in [0.05, 0.1) is 35.2 Å². The molecule has 0 unspecified atom stereocenters. The Hall–Kier alpha value is -2.75. The van der Waals surface area contributed by atoms with Crippen molar-refractivity contribution in [2.45, 2.75) is 31.5 Å².